The lowest BCUT2D eigenvalue weighted by Gasteiger charge is -2.28. The Hall–Kier alpha value is -3.00. The quantitative estimate of drug-likeness (QED) is 0.443. The molecule has 8 heteroatoms. The van der Waals surface area contributed by atoms with Gasteiger partial charge in [-0.05, 0) is 68.5 Å². The minimum absolute atomic E-state index is 0.186. The molecule has 0 aliphatic heterocycles. The maximum Gasteiger partial charge on any atom is 0.279 e. The van der Waals surface area contributed by atoms with Crippen molar-refractivity contribution in [1.29, 1.82) is 0 Å². The number of nitrogens with zero attached hydrogens (tertiary/aromatic N) is 1. The van der Waals surface area contributed by atoms with Gasteiger partial charge >= 0.3 is 0 Å². The number of benzene rings is 1. The number of nitrogens with one attached hydrogen (secondary N) is 2. The molecule has 1 aromatic heterocycles. The fourth-order valence-electron chi connectivity index (χ4n) is 3.46. The molecule has 5 nitrogen and oxygen atoms in total. The lowest BCUT2D eigenvalue weighted by atomic mass is 9.81. The predicted octanol–water partition coefficient (Wildman–Crippen LogP) is 5.92. The highest BCUT2D eigenvalue weighted by atomic mass is 19.3. The van der Waals surface area contributed by atoms with E-state index in [-0.39, 0.29) is 12.4 Å². The van der Waals surface area contributed by atoms with Gasteiger partial charge in [0.2, 0.25) is 0 Å². The number of para-hydroxylation sites is 1. The average Bonchev–Trinajstić information content (AvgIpc) is 2.91. The van der Waals surface area contributed by atoms with Crippen LogP contribution in [-0.4, -0.2) is 29.2 Å². The van der Waals surface area contributed by atoms with Gasteiger partial charge in [-0.1, -0.05) is 30.8 Å². The topological polar surface area (TPSA) is 92.8 Å². The van der Waals surface area contributed by atoms with Crippen LogP contribution >= 0.6 is 0 Å². The second-order valence-corrected chi connectivity index (χ2v) is 7.59. The van der Waals surface area contributed by atoms with Gasteiger partial charge in [-0.2, -0.15) is 0 Å². The Labute approximate surface area is 194 Å². The highest BCUT2D eigenvalue weighted by Gasteiger charge is 2.21. The van der Waals surface area contributed by atoms with Gasteiger partial charge in [0.15, 0.2) is 0 Å². The summed E-state index contributed by atoms with van der Waals surface area (Å²) in [6.07, 6.45) is 5.80. The zero-order valence-electron chi connectivity index (χ0n) is 19.2. The summed E-state index contributed by atoms with van der Waals surface area (Å²) in [5.41, 5.74) is 13.4. The van der Waals surface area contributed by atoms with Crippen LogP contribution in [0.25, 0.3) is 0 Å². The standard InChI is InChI=1S/C14H21FN2.C9H10F2N2.C2H5N/c15-9-10-17-14-4-2-1-3-13(14)11-5-7-12(16)8-6-11;1-7-4-2-3-5-12-6-8(13-7)9(10)11;1-2-3/h1-4,11-12,17H,5-10,16H2;2-6,9,13H,1H3;2H,1,3H2. The molecule has 0 saturated heterocycles. The van der Waals surface area contributed by atoms with Crippen molar-refractivity contribution in [1.82, 2.24) is 9.97 Å². The molecular weight excluding hydrogens is 427 g/mol. The Morgan fingerprint density at radius 2 is 1.79 bits per heavy atom. The van der Waals surface area contributed by atoms with Crippen LogP contribution < -0.4 is 16.8 Å². The van der Waals surface area contributed by atoms with Crippen LogP contribution in [0, 0.1) is 6.92 Å². The molecule has 0 unspecified atom stereocenters. The van der Waals surface area contributed by atoms with E-state index in [9.17, 15) is 13.2 Å². The van der Waals surface area contributed by atoms with Crippen LogP contribution in [0.4, 0.5) is 18.9 Å². The number of hydrogen-bond acceptors (Lipinski definition) is 4. The maximum absolute atomic E-state index is 12.3. The third-order valence-corrected chi connectivity index (χ3v) is 5.00. The van der Waals surface area contributed by atoms with Gasteiger partial charge in [-0.3, -0.25) is 4.98 Å². The summed E-state index contributed by atoms with van der Waals surface area (Å²) in [5.74, 6) is 0.582. The molecule has 1 fully saturated rings. The molecule has 33 heavy (non-hydrogen) atoms. The zero-order valence-corrected chi connectivity index (χ0v) is 19.2. The number of nitrogens with two attached hydrogens (primary N) is 2. The first-order valence-corrected chi connectivity index (χ1v) is 11.0. The van der Waals surface area contributed by atoms with Crippen molar-refractivity contribution < 1.29 is 13.2 Å². The number of aryl methyl sites for hydroxylation is 1. The van der Waals surface area contributed by atoms with E-state index in [2.05, 4.69) is 39.7 Å². The van der Waals surface area contributed by atoms with E-state index in [0.29, 0.717) is 24.2 Å². The largest absolute Gasteiger partial charge is 0.405 e. The number of H-pyrrole nitrogens is 1. The molecule has 3 rings (SSSR count). The molecule has 0 spiro atoms. The van der Waals surface area contributed by atoms with E-state index in [1.54, 1.807) is 25.1 Å². The molecule has 182 valence electrons. The molecule has 1 saturated carbocycles. The Kier molecular flexibility index (Phi) is 14.1. The van der Waals surface area contributed by atoms with Gasteiger partial charge < -0.3 is 21.8 Å². The minimum Gasteiger partial charge on any atom is -0.405 e. The fraction of sp³-hybridized carbons (Fsp3) is 0.400. The number of halogens is 3. The van der Waals surface area contributed by atoms with Crippen LogP contribution in [0.15, 0.2) is 67.6 Å². The second-order valence-electron chi connectivity index (χ2n) is 7.59. The van der Waals surface area contributed by atoms with Crippen molar-refractivity contribution >= 4 is 5.69 Å². The monoisotopic (exact) mass is 463 g/mol. The summed E-state index contributed by atoms with van der Waals surface area (Å²) >= 11 is 0. The maximum atomic E-state index is 12.3. The molecule has 1 aliphatic carbocycles. The molecule has 1 aromatic carbocycles. The first kappa shape index (κ1) is 28.0. The number of alkyl halides is 3. The van der Waals surface area contributed by atoms with Gasteiger partial charge in [0.05, 0.1) is 6.20 Å². The molecule has 1 aliphatic rings. The lowest BCUT2D eigenvalue weighted by molar-refractivity contribution is 0.145. The van der Waals surface area contributed by atoms with Crippen molar-refractivity contribution in [3.05, 3.63) is 84.6 Å². The zero-order chi connectivity index (χ0) is 24.5. The third kappa shape index (κ3) is 11.4. The first-order valence-electron chi connectivity index (χ1n) is 11.0. The number of hydrogen-bond donors (Lipinski definition) is 4. The summed E-state index contributed by atoms with van der Waals surface area (Å²) in [6, 6.07) is 13.7. The van der Waals surface area contributed by atoms with Gasteiger partial charge in [0.25, 0.3) is 6.43 Å². The molecule has 6 N–H and O–H groups in total. The lowest BCUT2D eigenvalue weighted by Crippen LogP contribution is -2.26. The van der Waals surface area contributed by atoms with Crippen molar-refractivity contribution in [3.8, 4) is 0 Å². The normalized spacial score (nSPS) is 16.9. The number of aromatic nitrogens is 2. The smallest absolute Gasteiger partial charge is 0.279 e. The molecular formula is C25H36F3N5. The highest BCUT2D eigenvalue weighted by molar-refractivity contribution is 5.53. The Balaban J connectivity index is 0.000000304. The Bertz CT molecular complexity index is 847. The summed E-state index contributed by atoms with van der Waals surface area (Å²) in [4.78, 5) is 6.24. The van der Waals surface area contributed by atoms with E-state index in [0.717, 1.165) is 37.6 Å². The number of aromatic amines is 1. The van der Waals surface area contributed by atoms with Gasteiger partial charge in [0.1, 0.15) is 12.4 Å². The van der Waals surface area contributed by atoms with Crippen LogP contribution in [0.2, 0.25) is 0 Å². The van der Waals surface area contributed by atoms with E-state index >= 15 is 0 Å². The van der Waals surface area contributed by atoms with Crippen molar-refractivity contribution in [3.63, 3.8) is 0 Å². The fourth-order valence-corrected chi connectivity index (χ4v) is 3.46. The molecule has 0 radical (unpaired) electrons. The highest BCUT2D eigenvalue weighted by Crippen LogP contribution is 2.35. The summed E-state index contributed by atoms with van der Waals surface area (Å²) < 4.78 is 36.8. The van der Waals surface area contributed by atoms with Crippen molar-refractivity contribution in [2.45, 2.75) is 51.0 Å². The number of anilines is 1. The van der Waals surface area contributed by atoms with Gasteiger partial charge in [-0.15, -0.1) is 0 Å². The van der Waals surface area contributed by atoms with E-state index < -0.39 is 6.43 Å². The summed E-state index contributed by atoms with van der Waals surface area (Å²) in [5, 5.41) is 3.17. The van der Waals surface area contributed by atoms with Gasteiger partial charge in [-0.25, -0.2) is 13.2 Å². The molecule has 0 bridgehead atoms. The Morgan fingerprint density at radius 3 is 2.42 bits per heavy atom. The molecule has 0 amide bonds. The van der Waals surface area contributed by atoms with Crippen LogP contribution in [0.5, 0.6) is 0 Å². The van der Waals surface area contributed by atoms with E-state index in [1.165, 1.54) is 18.0 Å². The van der Waals surface area contributed by atoms with Crippen molar-refractivity contribution in [2.24, 2.45) is 11.5 Å². The molecule has 0 atom stereocenters. The van der Waals surface area contributed by atoms with Crippen LogP contribution in [-0.2, 0) is 0 Å². The van der Waals surface area contributed by atoms with E-state index in [4.69, 9.17) is 5.73 Å². The predicted molar refractivity (Wildman–Crippen MR) is 130 cm³/mol. The molecule has 1 heterocycles. The summed E-state index contributed by atoms with van der Waals surface area (Å²) in [7, 11) is 0. The average molecular weight is 464 g/mol. The van der Waals surface area contributed by atoms with Gasteiger partial charge in [0, 0.05) is 30.2 Å². The first-order chi connectivity index (χ1) is 15.9. The van der Waals surface area contributed by atoms with E-state index in [1.807, 2.05) is 12.1 Å². The third-order valence-electron chi connectivity index (χ3n) is 5.00. The van der Waals surface area contributed by atoms with Crippen LogP contribution in [0.1, 0.15) is 55.0 Å². The summed E-state index contributed by atoms with van der Waals surface area (Å²) in [6.45, 7) is 4.92. The van der Waals surface area contributed by atoms with Crippen LogP contribution in [0.3, 0.4) is 0 Å². The number of rotatable bonds is 5. The minimum atomic E-state index is -2.53. The molecule has 2 aromatic rings. The van der Waals surface area contributed by atoms with Crippen molar-refractivity contribution in [2.75, 3.05) is 18.5 Å². The second kappa shape index (κ2) is 16.6. The Morgan fingerprint density at radius 1 is 1.15 bits per heavy atom. The SMILES string of the molecule is C=CN.Cc1ccccncc(C(F)F)[nH]1.NC1CCC(c2ccccc2NCCF)CC1.